The number of carbonyl (C=O) groups excluding carboxylic acids is 1. The molecule has 0 unspecified atom stereocenters. The first-order valence-corrected chi connectivity index (χ1v) is 8.41. The minimum atomic E-state index is -0.457. The van der Waals surface area contributed by atoms with E-state index in [4.69, 9.17) is 0 Å². The highest BCUT2D eigenvalue weighted by Crippen LogP contribution is 2.17. The number of nitrogens with zero attached hydrogens (tertiary/aromatic N) is 4. The molecule has 8 heteroatoms. The average Bonchev–Trinajstić information content (AvgIpc) is 3.29. The molecule has 1 amide bonds. The lowest BCUT2D eigenvalue weighted by Gasteiger charge is -2.22. The van der Waals surface area contributed by atoms with Gasteiger partial charge < -0.3 is 5.32 Å². The third-order valence-corrected chi connectivity index (χ3v) is 4.53. The first-order chi connectivity index (χ1) is 12.1. The van der Waals surface area contributed by atoms with E-state index >= 15 is 0 Å². The van der Waals surface area contributed by atoms with Crippen molar-refractivity contribution in [1.82, 2.24) is 20.0 Å². The van der Waals surface area contributed by atoms with Gasteiger partial charge in [0.25, 0.3) is 11.6 Å². The van der Waals surface area contributed by atoms with E-state index in [0.29, 0.717) is 24.0 Å². The van der Waals surface area contributed by atoms with Crippen LogP contribution in [0.3, 0.4) is 0 Å². The van der Waals surface area contributed by atoms with Gasteiger partial charge in [0.05, 0.1) is 10.6 Å². The lowest BCUT2D eigenvalue weighted by molar-refractivity contribution is -0.384. The Kier molecular flexibility index (Phi) is 5.08. The topological polar surface area (TPSA) is 93.3 Å². The fourth-order valence-corrected chi connectivity index (χ4v) is 3.18. The van der Waals surface area contributed by atoms with Crippen LogP contribution in [0, 0.1) is 10.1 Å². The summed E-state index contributed by atoms with van der Waals surface area (Å²) < 4.78 is 1.47. The van der Waals surface area contributed by atoms with Gasteiger partial charge in [-0.3, -0.25) is 19.8 Å². The Balaban J connectivity index is 1.65. The highest BCUT2D eigenvalue weighted by atomic mass is 16.6. The Hall–Kier alpha value is -2.74. The van der Waals surface area contributed by atoms with Crippen molar-refractivity contribution in [2.75, 3.05) is 19.6 Å². The Morgan fingerprint density at radius 1 is 1.44 bits per heavy atom. The number of likely N-dealkylation sites (N-methyl/N-ethyl adjacent to an activating group) is 1. The van der Waals surface area contributed by atoms with Crippen LogP contribution < -0.4 is 5.32 Å². The first-order valence-electron chi connectivity index (χ1n) is 8.41. The van der Waals surface area contributed by atoms with Gasteiger partial charge in [-0.05, 0) is 38.1 Å². The van der Waals surface area contributed by atoms with Crippen LogP contribution in [0.15, 0.2) is 36.5 Å². The summed E-state index contributed by atoms with van der Waals surface area (Å²) in [7, 11) is 0. The monoisotopic (exact) mass is 343 g/mol. The maximum atomic E-state index is 12.3. The Morgan fingerprint density at radius 3 is 3.04 bits per heavy atom. The van der Waals surface area contributed by atoms with Crippen molar-refractivity contribution in [2.24, 2.45) is 0 Å². The third kappa shape index (κ3) is 3.85. The average molecular weight is 343 g/mol. The zero-order valence-electron chi connectivity index (χ0n) is 14.1. The highest BCUT2D eigenvalue weighted by Gasteiger charge is 2.23. The molecule has 1 aliphatic heterocycles. The van der Waals surface area contributed by atoms with Crippen LogP contribution in [0.4, 0.5) is 5.69 Å². The van der Waals surface area contributed by atoms with E-state index in [1.807, 2.05) is 0 Å². The van der Waals surface area contributed by atoms with E-state index in [9.17, 15) is 14.9 Å². The van der Waals surface area contributed by atoms with Crippen molar-refractivity contribution in [3.05, 3.63) is 52.3 Å². The maximum Gasteiger partial charge on any atom is 0.271 e. The number of hydrogen-bond donors (Lipinski definition) is 1. The van der Waals surface area contributed by atoms with E-state index < -0.39 is 4.92 Å². The van der Waals surface area contributed by atoms with Crippen molar-refractivity contribution in [3.63, 3.8) is 0 Å². The molecular weight excluding hydrogens is 322 g/mol. The number of likely N-dealkylation sites (tertiary alicyclic amines) is 1. The van der Waals surface area contributed by atoms with Crippen LogP contribution >= 0.6 is 0 Å². The number of non-ortho nitro benzene ring substituents is 1. The fraction of sp³-hybridized carbons (Fsp3) is 0.412. The lowest BCUT2D eigenvalue weighted by Crippen LogP contribution is -2.40. The molecule has 2 heterocycles. The van der Waals surface area contributed by atoms with E-state index in [1.165, 1.54) is 16.8 Å². The van der Waals surface area contributed by atoms with Crippen molar-refractivity contribution in [1.29, 1.82) is 0 Å². The van der Waals surface area contributed by atoms with E-state index in [-0.39, 0.29) is 11.6 Å². The number of nitro benzene ring substituents is 1. The molecule has 1 atom stereocenters. The minimum Gasteiger partial charge on any atom is -0.349 e. The summed E-state index contributed by atoms with van der Waals surface area (Å²) in [4.78, 5) is 25.1. The number of rotatable bonds is 6. The van der Waals surface area contributed by atoms with Crippen LogP contribution in [0.5, 0.6) is 0 Å². The predicted molar refractivity (Wildman–Crippen MR) is 92.8 cm³/mol. The molecule has 25 heavy (non-hydrogen) atoms. The number of carbonyl (C=O) groups is 1. The SMILES string of the molecule is CCN1CCC[C@@H]1CNC(=O)c1ccn(-c2cccc([N+](=O)[O-])c2)n1. The number of benzene rings is 1. The third-order valence-electron chi connectivity index (χ3n) is 4.53. The number of nitro groups is 1. The van der Waals surface area contributed by atoms with Gasteiger partial charge >= 0.3 is 0 Å². The normalized spacial score (nSPS) is 17.6. The number of aromatic nitrogens is 2. The largest absolute Gasteiger partial charge is 0.349 e. The second kappa shape index (κ2) is 7.43. The summed E-state index contributed by atoms with van der Waals surface area (Å²) in [5, 5.41) is 18.0. The molecule has 0 saturated carbocycles. The smallest absolute Gasteiger partial charge is 0.271 e. The van der Waals surface area contributed by atoms with Gasteiger partial charge in [-0.15, -0.1) is 0 Å². The molecule has 1 saturated heterocycles. The second-order valence-corrected chi connectivity index (χ2v) is 6.06. The van der Waals surface area contributed by atoms with Gasteiger partial charge in [-0.25, -0.2) is 4.68 Å². The molecule has 1 N–H and O–H groups in total. The quantitative estimate of drug-likeness (QED) is 0.639. The van der Waals surface area contributed by atoms with Crippen molar-refractivity contribution in [3.8, 4) is 5.69 Å². The Bertz CT molecular complexity index is 773. The minimum absolute atomic E-state index is 0.0140. The standard InChI is InChI=1S/C17H21N5O3/c1-2-20-9-4-7-15(20)12-18-17(23)16-8-10-21(19-16)13-5-3-6-14(11-13)22(24)25/h3,5-6,8,10-11,15H,2,4,7,9,12H2,1H3,(H,18,23)/t15-/m1/s1. The molecule has 132 valence electrons. The van der Waals surface area contributed by atoms with Crippen LogP contribution in [0.25, 0.3) is 5.69 Å². The van der Waals surface area contributed by atoms with Crippen molar-refractivity contribution < 1.29 is 9.72 Å². The maximum absolute atomic E-state index is 12.3. The summed E-state index contributed by atoms with van der Waals surface area (Å²) in [6.07, 6.45) is 3.88. The Labute approximate surface area is 145 Å². The molecule has 0 aliphatic carbocycles. The van der Waals surface area contributed by atoms with Gasteiger partial charge in [0.15, 0.2) is 5.69 Å². The molecule has 0 radical (unpaired) electrons. The van der Waals surface area contributed by atoms with Gasteiger partial charge in [0.1, 0.15) is 0 Å². The van der Waals surface area contributed by atoms with Crippen LogP contribution in [-0.2, 0) is 0 Å². The highest BCUT2D eigenvalue weighted by molar-refractivity contribution is 5.92. The molecule has 0 bridgehead atoms. The van der Waals surface area contributed by atoms with Gasteiger partial charge in [-0.2, -0.15) is 5.10 Å². The Morgan fingerprint density at radius 2 is 2.28 bits per heavy atom. The summed E-state index contributed by atoms with van der Waals surface area (Å²) in [6.45, 7) is 4.80. The molecular formula is C17H21N5O3. The molecule has 8 nitrogen and oxygen atoms in total. The van der Waals surface area contributed by atoms with Crippen LogP contribution in [-0.4, -0.2) is 51.2 Å². The first kappa shape index (κ1) is 17.1. The van der Waals surface area contributed by atoms with Crippen molar-refractivity contribution in [2.45, 2.75) is 25.8 Å². The summed E-state index contributed by atoms with van der Waals surface area (Å²) in [6, 6.07) is 8.13. The van der Waals surface area contributed by atoms with Gasteiger partial charge in [0.2, 0.25) is 0 Å². The molecule has 3 rings (SSSR count). The molecule has 1 aromatic heterocycles. The molecule has 1 fully saturated rings. The number of amides is 1. The summed E-state index contributed by atoms with van der Waals surface area (Å²) >= 11 is 0. The molecule has 2 aromatic rings. The summed E-state index contributed by atoms with van der Waals surface area (Å²) in [5.74, 6) is -0.230. The van der Waals surface area contributed by atoms with Crippen molar-refractivity contribution >= 4 is 11.6 Å². The van der Waals surface area contributed by atoms with E-state index in [2.05, 4.69) is 22.2 Å². The van der Waals surface area contributed by atoms with E-state index in [1.54, 1.807) is 24.4 Å². The summed E-state index contributed by atoms with van der Waals surface area (Å²) in [5.41, 5.74) is 0.827. The van der Waals surface area contributed by atoms with Crippen LogP contribution in [0.1, 0.15) is 30.3 Å². The molecule has 1 aromatic carbocycles. The second-order valence-electron chi connectivity index (χ2n) is 6.06. The van der Waals surface area contributed by atoms with Gasteiger partial charge in [0, 0.05) is 30.9 Å². The number of nitrogens with one attached hydrogen (secondary N) is 1. The lowest BCUT2D eigenvalue weighted by atomic mass is 10.2. The zero-order valence-corrected chi connectivity index (χ0v) is 14.1. The predicted octanol–water partition coefficient (Wildman–Crippen LogP) is 1.99. The van der Waals surface area contributed by atoms with Crippen LogP contribution in [0.2, 0.25) is 0 Å². The molecule has 1 aliphatic rings. The fourth-order valence-electron chi connectivity index (χ4n) is 3.18. The number of hydrogen-bond acceptors (Lipinski definition) is 5. The van der Waals surface area contributed by atoms with E-state index in [0.717, 1.165) is 25.9 Å². The molecule has 0 spiro atoms. The van der Waals surface area contributed by atoms with Gasteiger partial charge in [-0.1, -0.05) is 13.0 Å². The zero-order chi connectivity index (χ0) is 17.8.